The fourth-order valence-electron chi connectivity index (χ4n) is 5.39. The first-order chi connectivity index (χ1) is 22.1. The van der Waals surface area contributed by atoms with Crippen molar-refractivity contribution in [3.63, 3.8) is 0 Å². The number of aliphatic hydroxyl groups excluding tert-OH is 1. The van der Waals surface area contributed by atoms with Crippen LogP contribution in [0.15, 0.2) is 115 Å². The standard InChI is InChI=1S/C37H32F4N2O3/c38-29-20-15-27(16-21-29)35(45)32(23-25-13-18-28(19-14-25)37(39,40)41)43-36(46)34-30-11-5-4-10-26(30)17-22-31(34)42-33(44)12-6-9-24-7-2-1-3-8-24/h1-5,7-8,10-11,13-22,32,35,45H,6,9,12,23H2,(H,42,44)(H,43,46). The summed E-state index contributed by atoms with van der Waals surface area (Å²) in [6.45, 7) is 0. The molecule has 46 heavy (non-hydrogen) atoms. The first-order valence-electron chi connectivity index (χ1n) is 14.8. The third kappa shape index (κ3) is 8.17. The van der Waals surface area contributed by atoms with E-state index in [2.05, 4.69) is 10.6 Å². The Bertz CT molecular complexity index is 1790. The van der Waals surface area contributed by atoms with Crippen LogP contribution in [0.5, 0.6) is 0 Å². The Balaban J connectivity index is 1.42. The predicted molar refractivity (Wildman–Crippen MR) is 170 cm³/mol. The molecular formula is C37H32F4N2O3. The predicted octanol–water partition coefficient (Wildman–Crippen LogP) is 8.03. The summed E-state index contributed by atoms with van der Waals surface area (Å²) in [4.78, 5) is 27.1. The molecule has 0 radical (unpaired) electrons. The number of amides is 2. The van der Waals surface area contributed by atoms with Crippen LogP contribution in [0.4, 0.5) is 23.2 Å². The van der Waals surface area contributed by atoms with E-state index in [4.69, 9.17) is 0 Å². The summed E-state index contributed by atoms with van der Waals surface area (Å²) in [5.74, 6) is -1.39. The minimum atomic E-state index is -4.52. The van der Waals surface area contributed by atoms with Gasteiger partial charge in [-0.25, -0.2) is 4.39 Å². The molecule has 5 nitrogen and oxygen atoms in total. The quantitative estimate of drug-likeness (QED) is 0.130. The minimum Gasteiger partial charge on any atom is -0.386 e. The number of nitrogens with one attached hydrogen (secondary N) is 2. The van der Waals surface area contributed by atoms with E-state index in [1.165, 1.54) is 36.4 Å². The first-order valence-corrected chi connectivity index (χ1v) is 14.8. The second kappa shape index (κ2) is 14.4. The highest BCUT2D eigenvalue weighted by Gasteiger charge is 2.31. The zero-order valence-electron chi connectivity index (χ0n) is 24.7. The number of aryl methyl sites for hydroxylation is 1. The van der Waals surface area contributed by atoms with Crippen molar-refractivity contribution in [2.24, 2.45) is 0 Å². The van der Waals surface area contributed by atoms with E-state index in [1.54, 1.807) is 24.3 Å². The van der Waals surface area contributed by atoms with Crippen molar-refractivity contribution >= 4 is 28.3 Å². The number of anilines is 1. The molecule has 2 unspecified atom stereocenters. The lowest BCUT2D eigenvalue weighted by Gasteiger charge is -2.26. The van der Waals surface area contributed by atoms with Gasteiger partial charge < -0.3 is 15.7 Å². The molecule has 5 rings (SSSR count). The van der Waals surface area contributed by atoms with Crippen molar-refractivity contribution in [1.82, 2.24) is 5.32 Å². The van der Waals surface area contributed by atoms with Crippen LogP contribution < -0.4 is 10.6 Å². The zero-order chi connectivity index (χ0) is 32.7. The first kappa shape index (κ1) is 32.4. The second-order valence-corrected chi connectivity index (χ2v) is 11.1. The molecule has 0 aliphatic rings. The molecule has 0 heterocycles. The summed E-state index contributed by atoms with van der Waals surface area (Å²) in [5.41, 5.74) is 1.49. The SMILES string of the molecule is O=C(CCCc1ccccc1)Nc1ccc2ccccc2c1C(=O)NC(Cc1ccc(C(F)(F)F)cc1)C(O)c1ccc(F)cc1. The highest BCUT2D eigenvalue weighted by atomic mass is 19.4. The Labute approximate surface area is 263 Å². The van der Waals surface area contributed by atoms with E-state index >= 15 is 0 Å². The van der Waals surface area contributed by atoms with Crippen molar-refractivity contribution in [3.05, 3.63) is 149 Å². The molecular weight excluding hydrogens is 596 g/mol. The largest absolute Gasteiger partial charge is 0.416 e. The summed E-state index contributed by atoms with van der Waals surface area (Å²) in [7, 11) is 0. The van der Waals surface area contributed by atoms with Gasteiger partial charge in [-0.1, -0.05) is 84.9 Å². The van der Waals surface area contributed by atoms with E-state index in [9.17, 15) is 32.3 Å². The average molecular weight is 629 g/mol. The molecule has 0 saturated carbocycles. The van der Waals surface area contributed by atoms with Gasteiger partial charge in [-0.2, -0.15) is 13.2 Å². The van der Waals surface area contributed by atoms with Crippen molar-refractivity contribution in [3.8, 4) is 0 Å². The Morgan fingerprint density at radius 3 is 2.13 bits per heavy atom. The zero-order valence-corrected chi connectivity index (χ0v) is 24.7. The van der Waals surface area contributed by atoms with E-state index < -0.39 is 35.6 Å². The molecule has 2 atom stereocenters. The summed E-state index contributed by atoms with van der Waals surface area (Å²) in [6, 6.07) is 28.9. The molecule has 0 aromatic heterocycles. The average Bonchev–Trinajstić information content (AvgIpc) is 3.04. The topological polar surface area (TPSA) is 78.4 Å². The van der Waals surface area contributed by atoms with Gasteiger partial charge in [-0.05, 0) is 77.1 Å². The van der Waals surface area contributed by atoms with Gasteiger partial charge in [0.05, 0.1) is 29.0 Å². The molecule has 5 aromatic carbocycles. The molecule has 0 saturated heterocycles. The number of halogens is 4. The van der Waals surface area contributed by atoms with Gasteiger partial charge in [0.15, 0.2) is 0 Å². The summed E-state index contributed by atoms with van der Waals surface area (Å²) in [5, 5.41) is 18.4. The lowest BCUT2D eigenvalue weighted by atomic mass is 9.94. The van der Waals surface area contributed by atoms with Crippen LogP contribution in [-0.2, 0) is 23.8 Å². The fraction of sp³-hybridized carbons (Fsp3) is 0.189. The molecule has 0 aliphatic heterocycles. The van der Waals surface area contributed by atoms with Crippen LogP contribution in [-0.4, -0.2) is 23.0 Å². The van der Waals surface area contributed by atoms with Gasteiger partial charge >= 0.3 is 6.18 Å². The third-order valence-electron chi connectivity index (χ3n) is 7.79. The van der Waals surface area contributed by atoms with Crippen LogP contribution >= 0.6 is 0 Å². The van der Waals surface area contributed by atoms with Crippen molar-refractivity contribution < 1.29 is 32.3 Å². The maximum atomic E-state index is 14.1. The molecule has 0 fully saturated rings. The highest BCUT2D eigenvalue weighted by Crippen LogP contribution is 2.31. The van der Waals surface area contributed by atoms with Gasteiger partial charge in [-0.15, -0.1) is 0 Å². The van der Waals surface area contributed by atoms with E-state index in [-0.39, 0.29) is 30.0 Å². The van der Waals surface area contributed by atoms with Crippen LogP contribution in [0.3, 0.4) is 0 Å². The van der Waals surface area contributed by atoms with E-state index in [0.29, 0.717) is 29.4 Å². The summed E-state index contributed by atoms with van der Waals surface area (Å²) in [6.07, 6.45) is -4.35. The maximum Gasteiger partial charge on any atom is 0.416 e. The molecule has 3 N–H and O–H groups in total. The van der Waals surface area contributed by atoms with Crippen molar-refractivity contribution in [2.75, 3.05) is 5.32 Å². The molecule has 9 heteroatoms. The number of fused-ring (bicyclic) bond motifs is 1. The monoisotopic (exact) mass is 628 g/mol. The molecule has 236 valence electrons. The number of aliphatic hydroxyl groups is 1. The van der Waals surface area contributed by atoms with Crippen molar-refractivity contribution in [2.45, 2.75) is 44.0 Å². The number of benzene rings is 5. The number of hydrogen-bond acceptors (Lipinski definition) is 3. The van der Waals surface area contributed by atoms with Gasteiger partial charge in [0.2, 0.25) is 5.91 Å². The van der Waals surface area contributed by atoms with Gasteiger partial charge in [0.25, 0.3) is 5.91 Å². The molecule has 0 bridgehead atoms. The summed E-state index contributed by atoms with van der Waals surface area (Å²) < 4.78 is 53.2. The van der Waals surface area contributed by atoms with E-state index in [1.807, 2.05) is 42.5 Å². The summed E-state index contributed by atoms with van der Waals surface area (Å²) >= 11 is 0. The Morgan fingerprint density at radius 2 is 1.43 bits per heavy atom. The van der Waals surface area contributed by atoms with Gasteiger partial charge in [-0.3, -0.25) is 9.59 Å². The Morgan fingerprint density at radius 1 is 0.761 bits per heavy atom. The minimum absolute atomic E-state index is 0.0334. The number of carbonyl (C=O) groups excluding carboxylic acids is 2. The number of carbonyl (C=O) groups is 2. The normalized spacial score (nSPS) is 12.8. The lowest BCUT2D eigenvalue weighted by molar-refractivity contribution is -0.137. The molecule has 2 amide bonds. The Kier molecular flexibility index (Phi) is 10.1. The lowest BCUT2D eigenvalue weighted by Crippen LogP contribution is -2.41. The van der Waals surface area contributed by atoms with Crippen LogP contribution in [0.2, 0.25) is 0 Å². The van der Waals surface area contributed by atoms with Crippen molar-refractivity contribution in [1.29, 1.82) is 0 Å². The molecule has 0 spiro atoms. The van der Waals surface area contributed by atoms with Gasteiger partial charge in [0, 0.05) is 6.42 Å². The second-order valence-electron chi connectivity index (χ2n) is 11.1. The number of hydrogen-bond donors (Lipinski definition) is 3. The van der Waals surface area contributed by atoms with Crippen LogP contribution in [0, 0.1) is 5.82 Å². The highest BCUT2D eigenvalue weighted by molar-refractivity contribution is 6.13. The fourth-order valence-corrected chi connectivity index (χ4v) is 5.39. The van der Waals surface area contributed by atoms with E-state index in [0.717, 1.165) is 23.1 Å². The molecule has 0 aliphatic carbocycles. The number of rotatable bonds is 11. The Hall–Kier alpha value is -5.02. The number of alkyl halides is 3. The van der Waals surface area contributed by atoms with Gasteiger partial charge in [0.1, 0.15) is 5.82 Å². The maximum absolute atomic E-state index is 14.1. The molecule has 5 aromatic rings. The van der Waals surface area contributed by atoms with Crippen LogP contribution in [0.25, 0.3) is 10.8 Å². The third-order valence-corrected chi connectivity index (χ3v) is 7.79. The van der Waals surface area contributed by atoms with Crippen LogP contribution in [0.1, 0.15) is 51.6 Å². The smallest absolute Gasteiger partial charge is 0.386 e.